The summed E-state index contributed by atoms with van der Waals surface area (Å²) in [6.45, 7) is 0.472. The normalized spacial score (nSPS) is 21.1. The Morgan fingerprint density at radius 1 is 1.07 bits per heavy atom. The topological polar surface area (TPSA) is 95.6 Å². The molecule has 4 rings (SSSR count). The summed E-state index contributed by atoms with van der Waals surface area (Å²) in [5.74, 6) is -2.17. The Labute approximate surface area is 178 Å². The fraction of sp³-hybridized carbons (Fsp3) is 0.273. The zero-order valence-corrected chi connectivity index (χ0v) is 16.8. The van der Waals surface area contributed by atoms with E-state index < -0.39 is 5.92 Å². The maximum absolute atomic E-state index is 12.7. The third kappa shape index (κ3) is 4.21. The molecule has 2 N–H and O–H groups in total. The number of amides is 4. The average molecular weight is 426 g/mol. The van der Waals surface area contributed by atoms with Crippen molar-refractivity contribution in [1.29, 1.82) is 0 Å². The summed E-state index contributed by atoms with van der Waals surface area (Å²) >= 11 is 5.89. The summed E-state index contributed by atoms with van der Waals surface area (Å²) in [5.41, 5.74) is 2.20. The fourth-order valence-corrected chi connectivity index (χ4v) is 3.94. The van der Waals surface area contributed by atoms with Gasteiger partial charge in [-0.3, -0.25) is 24.5 Å². The predicted octanol–water partition coefficient (Wildman–Crippen LogP) is 2.54. The molecule has 2 aliphatic rings. The zero-order valence-electron chi connectivity index (χ0n) is 16.1. The van der Waals surface area contributed by atoms with E-state index in [9.17, 15) is 19.2 Å². The van der Waals surface area contributed by atoms with Crippen molar-refractivity contribution >= 4 is 46.6 Å². The quantitative estimate of drug-likeness (QED) is 0.568. The van der Waals surface area contributed by atoms with E-state index in [-0.39, 0.29) is 36.0 Å². The minimum absolute atomic E-state index is 0.200. The third-order valence-corrected chi connectivity index (χ3v) is 5.68. The number of hydrogen-bond acceptors (Lipinski definition) is 4. The van der Waals surface area contributed by atoms with Crippen molar-refractivity contribution in [2.75, 3.05) is 16.8 Å². The number of hydrogen-bond donors (Lipinski definition) is 2. The lowest BCUT2D eigenvalue weighted by molar-refractivity contribution is -0.129. The van der Waals surface area contributed by atoms with Crippen LogP contribution in [0.1, 0.15) is 18.4 Å². The molecular formula is C22H20ClN3O4. The molecule has 2 fully saturated rings. The van der Waals surface area contributed by atoms with Gasteiger partial charge in [-0.15, -0.1) is 0 Å². The van der Waals surface area contributed by atoms with E-state index in [4.69, 9.17) is 11.6 Å². The van der Waals surface area contributed by atoms with Gasteiger partial charge in [0.25, 0.3) is 0 Å². The molecule has 2 atom stereocenters. The Bertz CT molecular complexity index is 1000. The van der Waals surface area contributed by atoms with Gasteiger partial charge in [0.1, 0.15) is 5.92 Å². The monoisotopic (exact) mass is 425 g/mol. The largest absolute Gasteiger partial charge is 0.325 e. The summed E-state index contributed by atoms with van der Waals surface area (Å²) in [6, 6.07) is 14.0. The van der Waals surface area contributed by atoms with Crippen molar-refractivity contribution < 1.29 is 19.2 Å². The van der Waals surface area contributed by atoms with E-state index in [1.165, 1.54) is 0 Å². The first-order chi connectivity index (χ1) is 14.4. The highest BCUT2D eigenvalue weighted by Gasteiger charge is 2.37. The second-order valence-corrected chi connectivity index (χ2v) is 7.95. The predicted molar refractivity (Wildman–Crippen MR) is 112 cm³/mol. The molecule has 2 aliphatic heterocycles. The molecule has 2 aromatic carbocycles. The van der Waals surface area contributed by atoms with Crippen LogP contribution in [-0.4, -0.2) is 30.2 Å². The molecule has 0 aromatic heterocycles. The molecule has 0 radical (unpaired) electrons. The lowest BCUT2D eigenvalue weighted by atomic mass is 9.98. The van der Waals surface area contributed by atoms with Crippen LogP contribution in [0.2, 0.25) is 5.02 Å². The fourth-order valence-electron chi connectivity index (χ4n) is 3.81. The molecule has 0 spiro atoms. The van der Waals surface area contributed by atoms with E-state index in [0.29, 0.717) is 30.1 Å². The van der Waals surface area contributed by atoms with Gasteiger partial charge in [0.2, 0.25) is 23.6 Å². The van der Waals surface area contributed by atoms with Crippen LogP contribution in [0.15, 0.2) is 48.5 Å². The molecule has 0 saturated carbocycles. The van der Waals surface area contributed by atoms with Crippen molar-refractivity contribution in [3.05, 3.63) is 59.1 Å². The lowest BCUT2D eigenvalue weighted by Crippen LogP contribution is -2.33. The number of carbonyl (C=O) groups is 4. The second kappa shape index (κ2) is 8.28. The maximum Gasteiger partial charge on any atom is 0.239 e. The van der Waals surface area contributed by atoms with Crippen LogP contribution in [0.25, 0.3) is 0 Å². The maximum atomic E-state index is 12.7. The van der Waals surface area contributed by atoms with Gasteiger partial charge in [-0.05, 0) is 54.8 Å². The molecule has 2 saturated heterocycles. The van der Waals surface area contributed by atoms with Gasteiger partial charge in [0, 0.05) is 29.4 Å². The van der Waals surface area contributed by atoms with Crippen LogP contribution in [-0.2, 0) is 25.6 Å². The first-order valence-corrected chi connectivity index (χ1v) is 10.1. The summed E-state index contributed by atoms with van der Waals surface area (Å²) in [6.07, 6.45) is 1.10. The minimum atomic E-state index is -0.742. The molecule has 154 valence electrons. The van der Waals surface area contributed by atoms with E-state index in [1.807, 2.05) is 12.1 Å². The Morgan fingerprint density at radius 2 is 1.77 bits per heavy atom. The van der Waals surface area contributed by atoms with E-state index in [1.54, 1.807) is 41.3 Å². The number of nitrogens with zero attached hydrogens (tertiary/aromatic N) is 1. The lowest BCUT2D eigenvalue weighted by Gasteiger charge is -2.17. The van der Waals surface area contributed by atoms with Crippen molar-refractivity contribution in [1.82, 2.24) is 5.32 Å². The molecule has 7 nitrogen and oxygen atoms in total. The second-order valence-electron chi connectivity index (χ2n) is 7.51. The van der Waals surface area contributed by atoms with Gasteiger partial charge in [0.15, 0.2) is 0 Å². The third-order valence-electron chi connectivity index (χ3n) is 5.43. The van der Waals surface area contributed by atoms with E-state index in [2.05, 4.69) is 10.6 Å². The number of anilines is 2. The van der Waals surface area contributed by atoms with Gasteiger partial charge < -0.3 is 10.2 Å². The van der Waals surface area contributed by atoms with Crippen LogP contribution in [0, 0.1) is 11.8 Å². The average Bonchev–Trinajstić information content (AvgIpc) is 3.25. The Morgan fingerprint density at radius 3 is 2.40 bits per heavy atom. The summed E-state index contributed by atoms with van der Waals surface area (Å²) < 4.78 is 0. The highest BCUT2D eigenvalue weighted by atomic mass is 35.5. The number of carbonyl (C=O) groups excluding carboxylic acids is 4. The number of imide groups is 1. The first-order valence-electron chi connectivity index (χ1n) is 9.71. The van der Waals surface area contributed by atoms with Crippen LogP contribution < -0.4 is 15.5 Å². The molecule has 0 unspecified atom stereocenters. The Balaban J connectivity index is 1.36. The smallest absolute Gasteiger partial charge is 0.239 e. The first kappa shape index (κ1) is 20.1. The van der Waals surface area contributed by atoms with Crippen LogP contribution in [0.4, 0.5) is 11.4 Å². The minimum Gasteiger partial charge on any atom is -0.325 e. The van der Waals surface area contributed by atoms with Gasteiger partial charge in [-0.25, -0.2) is 0 Å². The zero-order chi connectivity index (χ0) is 21.3. The van der Waals surface area contributed by atoms with Crippen molar-refractivity contribution in [3.63, 3.8) is 0 Å². The summed E-state index contributed by atoms with van der Waals surface area (Å²) in [7, 11) is 0. The SMILES string of the molecule is O=C1C[C@@H](Cc2ccc(NC(=O)[C@@H]3CCN(c4ccc(Cl)cc4)C3=O)cc2)C(=O)N1. The van der Waals surface area contributed by atoms with Crippen molar-refractivity contribution in [3.8, 4) is 0 Å². The molecule has 0 aliphatic carbocycles. The highest BCUT2D eigenvalue weighted by molar-refractivity contribution is 6.30. The number of benzene rings is 2. The Hall–Kier alpha value is -3.19. The molecule has 2 heterocycles. The highest BCUT2D eigenvalue weighted by Crippen LogP contribution is 2.27. The van der Waals surface area contributed by atoms with E-state index in [0.717, 1.165) is 11.3 Å². The van der Waals surface area contributed by atoms with Crippen LogP contribution in [0.5, 0.6) is 0 Å². The summed E-state index contributed by atoms with van der Waals surface area (Å²) in [4.78, 5) is 49.9. The van der Waals surface area contributed by atoms with Gasteiger partial charge in [0.05, 0.1) is 5.92 Å². The van der Waals surface area contributed by atoms with Gasteiger partial charge in [-0.1, -0.05) is 23.7 Å². The molecule has 4 amide bonds. The standard InChI is InChI=1S/C22H20ClN3O4/c23-15-3-7-17(8-4-15)26-10-9-18(22(26)30)21(29)24-16-5-1-13(2-6-16)11-14-12-19(27)25-20(14)28/h1-8,14,18H,9-12H2,(H,24,29)(H,25,27,28)/t14-,18+/m1/s1. The molecule has 8 heteroatoms. The molecule has 0 bridgehead atoms. The van der Waals surface area contributed by atoms with Crippen molar-refractivity contribution in [2.24, 2.45) is 11.8 Å². The van der Waals surface area contributed by atoms with Crippen LogP contribution in [0.3, 0.4) is 0 Å². The van der Waals surface area contributed by atoms with Gasteiger partial charge in [-0.2, -0.15) is 0 Å². The number of rotatable bonds is 5. The van der Waals surface area contributed by atoms with Gasteiger partial charge >= 0.3 is 0 Å². The van der Waals surface area contributed by atoms with Crippen LogP contribution >= 0.6 is 11.6 Å². The van der Waals surface area contributed by atoms with Crippen molar-refractivity contribution in [2.45, 2.75) is 19.3 Å². The molecular weight excluding hydrogens is 406 g/mol. The number of halogens is 1. The van der Waals surface area contributed by atoms with E-state index >= 15 is 0 Å². The molecule has 2 aromatic rings. The number of nitrogens with one attached hydrogen (secondary N) is 2. The molecule has 30 heavy (non-hydrogen) atoms. The summed E-state index contributed by atoms with van der Waals surface area (Å²) in [5, 5.41) is 5.68. The Kier molecular flexibility index (Phi) is 5.55.